The molecule has 0 aliphatic carbocycles. The molecule has 0 unspecified atom stereocenters. The van der Waals surface area contributed by atoms with Crippen molar-refractivity contribution in [3.05, 3.63) is 59.1 Å². The highest BCUT2D eigenvalue weighted by molar-refractivity contribution is 6.32. The van der Waals surface area contributed by atoms with E-state index in [1.165, 1.54) is 5.56 Å². The average Bonchev–Trinajstić information content (AvgIpc) is 2.50. The second-order valence-corrected chi connectivity index (χ2v) is 5.14. The molecule has 1 amide bonds. The summed E-state index contributed by atoms with van der Waals surface area (Å²) in [7, 11) is 0. The number of halogens is 1. The van der Waals surface area contributed by atoms with Gasteiger partial charge in [-0.25, -0.2) is 0 Å². The maximum atomic E-state index is 12.1. The minimum atomic E-state index is -0.629. The minimum Gasteiger partial charge on any atom is -0.479 e. The molecule has 0 saturated heterocycles. The number of nitrogens with one attached hydrogen (secondary N) is 1. The SMILES string of the molecule is CCc1ccc(NC(=O)[C@H](C)Oc2ccccc2Cl)cc1. The molecule has 0 aromatic heterocycles. The quantitative estimate of drug-likeness (QED) is 0.894. The molecule has 1 N–H and O–H groups in total. The van der Waals surface area contributed by atoms with Gasteiger partial charge in [0.05, 0.1) is 5.02 Å². The van der Waals surface area contributed by atoms with Gasteiger partial charge >= 0.3 is 0 Å². The first kappa shape index (κ1) is 15.4. The van der Waals surface area contributed by atoms with Crippen LogP contribution in [0.4, 0.5) is 5.69 Å². The molecule has 2 aromatic rings. The summed E-state index contributed by atoms with van der Waals surface area (Å²) in [6.07, 6.45) is 0.344. The Morgan fingerprint density at radius 1 is 1.19 bits per heavy atom. The number of carbonyl (C=O) groups excluding carboxylic acids is 1. The van der Waals surface area contributed by atoms with Crippen LogP contribution >= 0.6 is 11.6 Å². The van der Waals surface area contributed by atoms with E-state index in [-0.39, 0.29) is 5.91 Å². The van der Waals surface area contributed by atoms with Crippen molar-refractivity contribution in [2.75, 3.05) is 5.32 Å². The Balaban J connectivity index is 1.97. The number of anilines is 1. The zero-order valence-electron chi connectivity index (χ0n) is 12.1. The molecule has 0 radical (unpaired) electrons. The fraction of sp³-hybridized carbons (Fsp3) is 0.235. The Morgan fingerprint density at radius 3 is 2.48 bits per heavy atom. The Hall–Kier alpha value is -2.00. The molecule has 0 heterocycles. The highest BCUT2D eigenvalue weighted by Gasteiger charge is 2.16. The van der Waals surface area contributed by atoms with E-state index >= 15 is 0 Å². The van der Waals surface area contributed by atoms with Crippen LogP contribution in [-0.4, -0.2) is 12.0 Å². The first-order valence-corrected chi connectivity index (χ1v) is 7.29. The largest absolute Gasteiger partial charge is 0.479 e. The number of ether oxygens (including phenoxy) is 1. The lowest BCUT2D eigenvalue weighted by Crippen LogP contribution is -2.30. The van der Waals surface area contributed by atoms with Gasteiger partial charge in [-0.3, -0.25) is 4.79 Å². The topological polar surface area (TPSA) is 38.3 Å². The van der Waals surface area contributed by atoms with Crippen LogP contribution in [0, 0.1) is 0 Å². The zero-order chi connectivity index (χ0) is 15.2. The molecule has 0 aliphatic heterocycles. The van der Waals surface area contributed by atoms with Crippen molar-refractivity contribution < 1.29 is 9.53 Å². The van der Waals surface area contributed by atoms with Crippen LogP contribution in [0.15, 0.2) is 48.5 Å². The van der Waals surface area contributed by atoms with Crippen LogP contribution in [0.2, 0.25) is 5.02 Å². The van der Waals surface area contributed by atoms with Crippen molar-refractivity contribution in [3.8, 4) is 5.75 Å². The van der Waals surface area contributed by atoms with E-state index < -0.39 is 6.10 Å². The summed E-state index contributed by atoms with van der Waals surface area (Å²) in [6, 6.07) is 14.9. The maximum absolute atomic E-state index is 12.1. The molecule has 4 heteroatoms. The van der Waals surface area contributed by atoms with Crippen LogP contribution < -0.4 is 10.1 Å². The molecule has 110 valence electrons. The van der Waals surface area contributed by atoms with E-state index in [0.717, 1.165) is 12.1 Å². The molecule has 1 atom stereocenters. The third kappa shape index (κ3) is 4.23. The zero-order valence-corrected chi connectivity index (χ0v) is 12.9. The predicted octanol–water partition coefficient (Wildman–Crippen LogP) is 4.31. The molecular formula is C17H18ClNO2. The van der Waals surface area contributed by atoms with Gasteiger partial charge in [0.25, 0.3) is 5.91 Å². The normalized spacial score (nSPS) is 11.8. The lowest BCUT2D eigenvalue weighted by molar-refractivity contribution is -0.122. The van der Waals surface area contributed by atoms with Crippen LogP contribution in [0.3, 0.4) is 0 Å². The summed E-state index contributed by atoms with van der Waals surface area (Å²) in [6.45, 7) is 3.78. The predicted molar refractivity (Wildman–Crippen MR) is 86.0 cm³/mol. The number of carbonyl (C=O) groups is 1. The Labute approximate surface area is 129 Å². The van der Waals surface area contributed by atoms with Crippen LogP contribution in [-0.2, 0) is 11.2 Å². The molecule has 2 rings (SSSR count). The Kier molecular flexibility index (Phi) is 5.23. The van der Waals surface area contributed by atoms with Crippen molar-refractivity contribution >= 4 is 23.2 Å². The van der Waals surface area contributed by atoms with Crippen molar-refractivity contribution in [3.63, 3.8) is 0 Å². The van der Waals surface area contributed by atoms with Gasteiger partial charge in [0.15, 0.2) is 6.10 Å². The lowest BCUT2D eigenvalue weighted by Gasteiger charge is -2.15. The van der Waals surface area contributed by atoms with Gasteiger partial charge in [-0.1, -0.05) is 42.8 Å². The Bertz CT molecular complexity index is 610. The number of aryl methyl sites for hydroxylation is 1. The number of para-hydroxylation sites is 1. The van der Waals surface area contributed by atoms with E-state index in [1.54, 1.807) is 19.1 Å². The fourth-order valence-electron chi connectivity index (χ4n) is 1.85. The van der Waals surface area contributed by atoms with Crippen molar-refractivity contribution in [1.82, 2.24) is 0 Å². The van der Waals surface area contributed by atoms with E-state index in [9.17, 15) is 4.79 Å². The summed E-state index contributed by atoms with van der Waals surface area (Å²) in [5, 5.41) is 3.32. The van der Waals surface area contributed by atoms with E-state index in [1.807, 2.05) is 36.4 Å². The Morgan fingerprint density at radius 2 is 1.86 bits per heavy atom. The van der Waals surface area contributed by atoms with Gasteiger partial charge in [0.2, 0.25) is 0 Å². The second kappa shape index (κ2) is 7.14. The highest BCUT2D eigenvalue weighted by atomic mass is 35.5. The number of benzene rings is 2. The third-order valence-electron chi connectivity index (χ3n) is 3.14. The van der Waals surface area contributed by atoms with E-state index in [4.69, 9.17) is 16.3 Å². The third-order valence-corrected chi connectivity index (χ3v) is 3.45. The summed E-state index contributed by atoms with van der Waals surface area (Å²) < 4.78 is 5.58. The standard InChI is InChI=1S/C17H18ClNO2/c1-3-13-8-10-14(11-9-13)19-17(20)12(2)21-16-7-5-4-6-15(16)18/h4-12H,3H2,1-2H3,(H,19,20)/t12-/m0/s1. The monoisotopic (exact) mass is 303 g/mol. The van der Waals surface area contributed by atoms with Gasteiger partial charge in [0, 0.05) is 5.69 Å². The van der Waals surface area contributed by atoms with E-state index in [2.05, 4.69) is 12.2 Å². The lowest BCUT2D eigenvalue weighted by atomic mass is 10.1. The van der Waals surface area contributed by atoms with Gasteiger partial charge in [-0.05, 0) is 43.2 Å². The number of hydrogen-bond acceptors (Lipinski definition) is 2. The fourth-order valence-corrected chi connectivity index (χ4v) is 2.03. The van der Waals surface area contributed by atoms with Gasteiger partial charge in [0.1, 0.15) is 5.75 Å². The molecule has 0 saturated carbocycles. The highest BCUT2D eigenvalue weighted by Crippen LogP contribution is 2.24. The minimum absolute atomic E-state index is 0.209. The molecular weight excluding hydrogens is 286 g/mol. The van der Waals surface area contributed by atoms with Crippen molar-refractivity contribution in [2.45, 2.75) is 26.4 Å². The first-order valence-electron chi connectivity index (χ1n) is 6.91. The van der Waals surface area contributed by atoms with Crippen molar-refractivity contribution in [1.29, 1.82) is 0 Å². The number of hydrogen-bond donors (Lipinski definition) is 1. The molecule has 0 aliphatic rings. The molecule has 0 fully saturated rings. The van der Waals surface area contributed by atoms with Gasteiger partial charge < -0.3 is 10.1 Å². The van der Waals surface area contributed by atoms with Gasteiger partial charge in [-0.15, -0.1) is 0 Å². The summed E-state index contributed by atoms with van der Waals surface area (Å²) >= 11 is 6.01. The maximum Gasteiger partial charge on any atom is 0.265 e. The van der Waals surface area contributed by atoms with Crippen LogP contribution in [0.5, 0.6) is 5.75 Å². The average molecular weight is 304 g/mol. The molecule has 0 spiro atoms. The van der Waals surface area contributed by atoms with Gasteiger partial charge in [-0.2, -0.15) is 0 Å². The molecule has 2 aromatic carbocycles. The molecule has 21 heavy (non-hydrogen) atoms. The number of rotatable bonds is 5. The smallest absolute Gasteiger partial charge is 0.265 e. The van der Waals surface area contributed by atoms with Crippen LogP contribution in [0.1, 0.15) is 19.4 Å². The summed E-state index contributed by atoms with van der Waals surface area (Å²) in [5.41, 5.74) is 1.99. The van der Waals surface area contributed by atoms with Crippen molar-refractivity contribution in [2.24, 2.45) is 0 Å². The summed E-state index contributed by atoms with van der Waals surface area (Å²) in [5.74, 6) is 0.294. The first-order chi connectivity index (χ1) is 10.1. The van der Waals surface area contributed by atoms with E-state index in [0.29, 0.717) is 10.8 Å². The summed E-state index contributed by atoms with van der Waals surface area (Å²) in [4.78, 5) is 12.1. The molecule has 3 nitrogen and oxygen atoms in total. The molecule has 0 bridgehead atoms. The second-order valence-electron chi connectivity index (χ2n) is 4.73. The number of amides is 1. The van der Waals surface area contributed by atoms with Crippen LogP contribution in [0.25, 0.3) is 0 Å².